The molecule has 0 amide bonds. The van der Waals surface area contributed by atoms with E-state index in [1.807, 2.05) is 0 Å². The number of halogens is 6. The van der Waals surface area contributed by atoms with Gasteiger partial charge in [-0.15, -0.1) is 26.3 Å². The van der Waals surface area contributed by atoms with E-state index in [9.17, 15) is 26.3 Å². The Bertz CT molecular complexity index is 628. The number of hydrogen-bond acceptors (Lipinski definition) is 4. The van der Waals surface area contributed by atoms with Crippen molar-refractivity contribution in [3.63, 3.8) is 0 Å². The van der Waals surface area contributed by atoms with Gasteiger partial charge in [0, 0.05) is 12.1 Å². The first-order chi connectivity index (χ1) is 11.1. The molecule has 0 spiro atoms. The molecule has 24 heavy (non-hydrogen) atoms. The molecule has 0 saturated carbocycles. The van der Waals surface area contributed by atoms with Crippen LogP contribution in [0.15, 0.2) is 48.5 Å². The molecule has 0 unspecified atom stereocenters. The highest BCUT2D eigenvalue weighted by Crippen LogP contribution is 2.27. The summed E-state index contributed by atoms with van der Waals surface area (Å²) in [5.41, 5.74) is 5.50. The van der Waals surface area contributed by atoms with Gasteiger partial charge in [0.1, 0.15) is 11.5 Å². The third-order valence-electron chi connectivity index (χ3n) is 2.49. The van der Waals surface area contributed by atoms with Crippen molar-refractivity contribution in [1.29, 1.82) is 0 Å². The molecule has 0 bridgehead atoms. The zero-order chi connectivity index (χ0) is 17.8. The van der Waals surface area contributed by atoms with Crippen LogP contribution in [0, 0.1) is 0 Å². The highest BCUT2D eigenvalue weighted by molar-refractivity contribution is 5.56. The van der Waals surface area contributed by atoms with E-state index in [4.69, 9.17) is 0 Å². The fourth-order valence-corrected chi connectivity index (χ4v) is 1.69. The van der Waals surface area contributed by atoms with Crippen LogP contribution in [0.4, 0.5) is 37.7 Å². The van der Waals surface area contributed by atoms with Crippen LogP contribution in [0.2, 0.25) is 0 Å². The first-order valence-electron chi connectivity index (χ1n) is 6.34. The maximum Gasteiger partial charge on any atom is 0.573 e. The predicted molar refractivity (Wildman–Crippen MR) is 73.5 cm³/mol. The van der Waals surface area contributed by atoms with Crippen LogP contribution in [0.5, 0.6) is 11.5 Å². The molecule has 0 atom stereocenters. The lowest BCUT2D eigenvalue weighted by molar-refractivity contribution is -0.275. The van der Waals surface area contributed by atoms with E-state index in [0.717, 1.165) is 24.3 Å². The minimum atomic E-state index is -4.82. The number of alkyl halides is 6. The molecule has 2 rings (SSSR count). The highest BCUT2D eigenvalue weighted by atomic mass is 19.4. The fourth-order valence-electron chi connectivity index (χ4n) is 1.69. The van der Waals surface area contributed by atoms with Gasteiger partial charge in [-0.1, -0.05) is 12.1 Å². The number of ether oxygens (including phenoxy) is 2. The normalized spacial score (nSPS) is 11.8. The van der Waals surface area contributed by atoms with Crippen molar-refractivity contribution in [2.24, 2.45) is 0 Å². The van der Waals surface area contributed by atoms with E-state index >= 15 is 0 Å². The van der Waals surface area contributed by atoms with Gasteiger partial charge in [-0.3, -0.25) is 0 Å². The lowest BCUT2D eigenvalue weighted by atomic mass is 10.3. The van der Waals surface area contributed by atoms with Crippen LogP contribution in [0.3, 0.4) is 0 Å². The standard InChI is InChI=1S/C14H10F6N2O2/c15-13(16,17)23-11-5-1-3-9(7-11)21-22-10-4-2-6-12(8-10)24-14(18,19)20/h1-8,21-22H. The summed E-state index contributed by atoms with van der Waals surface area (Å²) in [5.74, 6) is -0.882. The molecule has 2 aromatic rings. The van der Waals surface area contributed by atoms with Crippen molar-refractivity contribution in [2.75, 3.05) is 10.9 Å². The first kappa shape index (κ1) is 17.6. The van der Waals surface area contributed by atoms with Gasteiger partial charge in [0.05, 0.1) is 11.4 Å². The third kappa shape index (κ3) is 6.15. The SMILES string of the molecule is FC(F)(F)Oc1cccc(NNc2cccc(OC(F)(F)F)c2)c1. The minimum absolute atomic E-state index is 0.207. The number of anilines is 2. The second kappa shape index (κ2) is 6.77. The zero-order valence-electron chi connectivity index (χ0n) is 11.7. The highest BCUT2D eigenvalue weighted by Gasteiger charge is 2.31. The molecule has 0 heterocycles. The summed E-state index contributed by atoms with van der Waals surface area (Å²) in [6.07, 6.45) is -9.65. The van der Waals surface area contributed by atoms with Crippen LogP contribution in [0.1, 0.15) is 0 Å². The second-order valence-corrected chi connectivity index (χ2v) is 4.40. The molecule has 2 aromatic carbocycles. The summed E-state index contributed by atoms with van der Waals surface area (Å²) in [5, 5.41) is 0. The molecule has 0 aliphatic heterocycles. The fraction of sp³-hybridized carbons (Fsp3) is 0.143. The van der Waals surface area contributed by atoms with E-state index in [-0.39, 0.29) is 11.4 Å². The summed E-state index contributed by atoms with van der Waals surface area (Å²) >= 11 is 0. The van der Waals surface area contributed by atoms with Gasteiger partial charge < -0.3 is 20.3 Å². The molecule has 10 heteroatoms. The molecule has 130 valence electrons. The second-order valence-electron chi connectivity index (χ2n) is 4.40. The largest absolute Gasteiger partial charge is 0.573 e. The Labute approximate surface area is 132 Å². The van der Waals surface area contributed by atoms with E-state index in [2.05, 4.69) is 20.3 Å². The monoisotopic (exact) mass is 352 g/mol. The van der Waals surface area contributed by atoms with E-state index < -0.39 is 24.2 Å². The topological polar surface area (TPSA) is 42.5 Å². The number of hydrazine groups is 1. The van der Waals surface area contributed by atoms with Crippen molar-refractivity contribution >= 4 is 11.4 Å². The average Bonchev–Trinajstić information content (AvgIpc) is 2.42. The molecule has 2 N–H and O–H groups in total. The van der Waals surface area contributed by atoms with Crippen molar-refractivity contribution in [2.45, 2.75) is 12.7 Å². The molecule has 0 aromatic heterocycles. The van der Waals surface area contributed by atoms with Crippen LogP contribution in [0.25, 0.3) is 0 Å². The minimum Gasteiger partial charge on any atom is -0.406 e. The Morgan fingerprint density at radius 3 is 1.33 bits per heavy atom. The maximum absolute atomic E-state index is 12.1. The van der Waals surface area contributed by atoms with Crippen LogP contribution >= 0.6 is 0 Å². The van der Waals surface area contributed by atoms with Gasteiger partial charge in [0.25, 0.3) is 0 Å². The Morgan fingerprint density at radius 1 is 0.625 bits per heavy atom. The van der Waals surface area contributed by atoms with Crippen LogP contribution in [-0.2, 0) is 0 Å². The molecule has 0 saturated heterocycles. The van der Waals surface area contributed by atoms with E-state index in [1.54, 1.807) is 0 Å². The van der Waals surface area contributed by atoms with E-state index in [1.165, 1.54) is 24.3 Å². The van der Waals surface area contributed by atoms with E-state index in [0.29, 0.717) is 0 Å². The lowest BCUT2D eigenvalue weighted by Gasteiger charge is -2.14. The maximum atomic E-state index is 12.1. The van der Waals surface area contributed by atoms with Crippen LogP contribution < -0.4 is 20.3 Å². The van der Waals surface area contributed by atoms with Gasteiger partial charge in [-0.25, -0.2) is 0 Å². The Balaban J connectivity index is 2.01. The number of benzene rings is 2. The summed E-state index contributed by atoms with van der Waals surface area (Å²) < 4.78 is 80.3. The van der Waals surface area contributed by atoms with Crippen molar-refractivity contribution in [1.82, 2.24) is 0 Å². The van der Waals surface area contributed by atoms with Gasteiger partial charge in [0.15, 0.2) is 0 Å². The summed E-state index contributed by atoms with van der Waals surface area (Å²) in [6.45, 7) is 0. The van der Waals surface area contributed by atoms with Crippen molar-refractivity contribution in [3.8, 4) is 11.5 Å². The number of nitrogens with one attached hydrogen (secondary N) is 2. The number of hydrogen-bond donors (Lipinski definition) is 2. The molecule has 4 nitrogen and oxygen atoms in total. The Kier molecular flexibility index (Phi) is 4.96. The van der Waals surface area contributed by atoms with Crippen molar-refractivity contribution in [3.05, 3.63) is 48.5 Å². The molecule has 0 aliphatic carbocycles. The third-order valence-corrected chi connectivity index (χ3v) is 2.49. The number of rotatable bonds is 5. The predicted octanol–water partition coefficient (Wildman–Crippen LogP) is 4.92. The summed E-state index contributed by atoms with van der Waals surface area (Å²) in [4.78, 5) is 0. The van der Waals surface area contributed by atoms with Crippen molar-refractivity contribution < 1.29 is 35.8 Å². The zero-order valence-corrected chi connectivity index (χ0v) is 11.7. The van der Waals surface area contributed by atoms with Gasteiger partial charge in [-0.2, -0.15) is 0 Å². The Hall–Kier alpha value is -2.78. The van der Waals surface area contributed by atoms with Gasteiger partial charge in [-0.05, 0) is 24.3 Å². The molecule has 0 radical (unpaired) electrons. The van der Waals surface area contributed by atoms with Crippen LogP contribution in [-0.4, -0.2) is 12.7 Å². The summed E-state index contributed by atoms with van der Waals surface area (Å²) in [7, 11) is 0. The van der Waals surface area contributed by atoms with Gasteiger partial charge >= 0.3 is 12.7 Å². The molecule has 0 fully saturated rings. The molecular formula is C14H10F6N2O2. The molecular weight excluding hydrogens is 342 g/mol. The quantitative estimate of drug-likeness (QED) is 0.592. The molecule has 0 aliphatic rings. The summed E-state index contributed by atoms with van der Waals surface area (Å²) in [6, 6.07) is 9.85. The first-order valence-corrected chi connectivity index (χ1v) is 6.34. The average molecular weight is 352 g/mol. The Morgan fingerprint density at radius 2 is 1.00 bits per heavy atom. The lowest BCUT2D eigenvalue weighted by Crippen LogP contribution is -2.18. The van der Waals surface area contributed by atoms with Gasteiger partial charge in [0.2, 0.25) is 0 Å². The smallest absolute Gasteiger partial charge is 0.406 e.